The average Bonchev–Trinajstić information content (AvgIpc) is 3.86. The maximum absolute atomic E-state index is 14.3. The first-order valence-corrected chi connectivity index (χ1v) is 16.5. The smallest absolute Gasteiger partial charge is 0.306 e. The van der Waals surface area contributed by atoms with Crippen LogP contribution in [0.3, 0.4) is 0 Å². The number of anilines is 1. The van der Waals surface area contributed by atoms with Crippen LogP contribution in [0, 0.1) is 11.3 Å². The maximum Gasteiger partial charge on any atom is 0.306 e. The summed E-state index contributed by atoms with van der Waals surface area (Å²) in [6, 6.07) is 20.9. The van der Waals surface area contributed by atoms with Crippen LogP contribution in [-0.2, 0) is 24.3 Å². The van der Waals surface area contributed by atoms with Gasteiger partial charge in [-0.25, -0.2) is 8.42 Å². The number of aliphatic carboxylic acids is 1. The zero-order chi connectivity index (χ0) is 31.6. The molecule has 9 nitrogen and oxygen atoms in total. The number of ether oxygens (including phenoxy) is 1. The van der Waals surface area contributed by atoms with Crippen molar-refractivity contribution in [2.24, 2.45) is 0 Å². The summed E-state index contributed by atoms with van der Waals surface area (Å²) in [6.07, 6.45) is -1.43. The van der Waals surface area contributed by atoms with Crippen molar-refractivity contribution in [3.63, 3.8) is 0 Å². The summed E-state index contributed by atoms with van der Waals surface area (Å²) in [5.74, 6) is -1.79. The number of carboxylic acid groups (broad SMARTS) is 1. The van der Waals surface area contributed by atoms with Crippen LogP contribution in [-0.4, -0.2) is 54.2 Å². The normalized spacial score (nSPS) is 21.0. The Morgan fingerprint density at radius 3 is 2.39 bits per heavy atom. The fourth-order valence-electron chi connectivity index (χ4n) is 5.68. The number of sulfonamides is 1. The highest BCUT2D eigenvalue weighted by molar-refractivity contribution is 7.93. The average molecular weight is 657 g/mol. The van der Waals surface area contributed by atoms with Crippen molar-refractivity contribution in [3.8, 4) is 6.07 Å². The molecule has 1 saturated carbocycles. The van der Waals surface area contributed by atoms with Gasteiger partial charge in [0.05, 0.1) is 41.6 Å². The molecular weight excluding hydrogens is 625 g/mol. The molecule has 3 aromatic rings. The zero-order valence-electron chi connectivity index (χ0n) is 23.8. The van der Waals surface area contributed by atoms with Crippen LogP contribution in [0.5, 0.6) is 0 Å². The van der Waals surface area contributed by atoms with Gasteiger partial charge in [-0.2, -0.15) is 5.26 Å². The molecule has 1 unspecified atom stereocenters. The number of hydrogen-bond donors (Lipinski definition) is 1. The highest BCUT2D eigenvalue weighted by Gasteiger charge is 2.49. The van der Waals surface area contributed by atoms with Crippen LogP contribution in [0.2, 0.25) is 10.0 Å². The van der Waals surface area contributed by atoms with E-state index in [0.29, 0.717) is 40.4 Å². The van der Waals surface area contributed by atoms with Gasteiger partial charge >= 0.3 is 5.97 Å². The Kier molecular flexibility index (Phi) is 9.51. The standard InChI is InChI=1S/C32H31Cl2N3O6S/c1-2-25(19-36(44(41,42)26-14-15-26)27-9-4-3-6-22(27)18-35)37-30(20-10-12-23(33)13-11-20)31(21-7-5-8-24(34)16-21)43-28(32(37)40)17-29(38)39/h3-13,16,25-26,28,30-31H,2,14-15,17,19H2,1H3,(H,38,39)/t25?,28-,30+,31+/m0/s1. The molecule has 1 heterocycles. The molecule has 0 spiro atoms. The summed E-state index contributed by atoms with van der Waals surface area (Å²) in [5, 5.41) is 19.9. The summed E-state index contributed by atoms with van der Waals surface area (Å²) in [5.41, 5.74) is 1.71. The molecule has 230 valence electrons. The third-order valence-electron chi connectivity index (χ3n) is 7.96. The Hall–Kier alpha value is -3.62. The van der Waals surface area contributed by atoms with Gasteiger partial charge in [-0.1, -0.05) is 66.5 Å². The Bertz CT molecular complexity index is 1690. The van der Waals surface area contributed by atoms with E-state index in [-0.39, 0.29) is 17.8 Å². The monoisotopic (exact) mass is 655 g/mol. The first-order chi connectivity index (χ1) is 21.0. The largest absolute Gasteiger partial charge is 0.481 e. The quantitative estimate of drug-likeness (QED) is 0.263. The van der Waals surface area contributed by atoms with Crippen LogP contribution >= 0.6 is 23.2 Å². The van der Waals surface area contributed by atoms with Gasteiger partial charge in [0.25, 0.3) is 5.91 Å². The van der Waals surface area contributed by atoms with Crippen molar-refractivity contribution in [3.05, 3.63) is 99.5 Å². The van der Waals surface area contributed by atoms with Gasteiger partial charge in [-0.15, -0.1) is 0 Å². The van der Waals surface area contributed by atoms with Gasteiger partial charge in [0.15, 0.2) is 0 Å². The summed E-state index contributed by atoms with van der Waals surface area (Å²) in [7, 11) is -3.88. The minimum atomic E-state index is -3.88. The molecule has 4 atom stereocenters. The molecule has 1 saturated heterocycles. The number of halogens is 2. The van der Waals surface area contributed by atoms with Gasteiger partial charge in [0.2, 0.25) is 10.0 Å². The summed E-state index contributed by atoms with van der Waals surface area (Å²) >= 11 is 12.6. The Morgan fingerprint density at radius 1 is 1.07 bits per heavy atom. The van der Waals surface area contributed by atoms with Gasteiger partial charge in [-0.3, -0.25) is 13.9 Å². The number of rotatable bonds is 11. The van der Waals surface area contributed by atoms with Crippen LogP contribution in [0.25, 0.3) is 0 Å². The highest BCUT2D eigenvalue weighted by Crippen LogP contribution is 2.45. The molecule has 1 amide bonds. The molecule has 1 N–H and O–H groups in total. The van der Waals surface area contributed by atoms with Crippen LogP contribution in [0.4, 0.5) is 5.69 Å². The topological polar surface area (TPSA) is 128 Å². The fourth-order valence-corrected chi connectivity index (χ4v) is 7.91. The van der Waals surface area contributed by atoms with Crippen LogP contribution in [0.1, 0.15) is 61.4 Å². The summed E-state index contributed by atoms with van der Waals surface area (Å²) in [6.45, 7) is 1.69. The van der Waals surface area contributed by atoms with Gasteiger partial charge in [-0.05, 0) is 66.8 Å². The molecule has 2 aliphatic rings. The molecule has 1 aliphatic carbocycles. The molecule has 0 radical (unpaired) electrons. The van der Waals surface area contributed by atoms with E-state index in [4.69, 9.17) is 27.9 Å². The first-order valence-electron chi connectivity index (χ1n) is 14.3. The third-order valence-corrected chi connectivity index (χ3v) is 10.7. The lowest BCUT2D eigenvalue weighted by atomic mass is 9.89. The second kappa shape index (κ2) is 13.2. The van der Waals surface area contributed by atoms with E-state index in [1.807, 2.05) is 6.92 Å². The predicted octanol–water partition coefficient (Wildman–Crippen LogP) is 6.13. The van der Waals surface area contributed by atoms with E-state index in [9.17, 15) is 28.4 Å². The molecule has 1 aliphatic heterocycles. The number of carbonyl (C=O) groups excluding carboxylic acids is 1. The van der Waals surface area contributed by atoms with E-state index in [2.05, 4.69) is 6.07 Å². The molecule has 0 bridgehead atoms. The molecular formula is C32H31Cl2N3O6S. The van der Waals surface area contributed by atoms with Crippen molar-refractivity contribution < 1.29 is 27.9 Å². The number of hydrogen-bond acceptors (Lipinski definition) is 6. The number of benzene rings is 3. The fraction of sp³-hybridized carbons (Fsp3) is 0.344. The van der Waals surface area contributed by atoms with Gasteiger partial charge in [0.1, 0.15) is 18.3 Å². The number of nitriles is 1. The van der Waals surface area contributed by atoms with E-state index < -0.39 is 57.9 Å². The highest BCUT2D eigenvalue weighted by atomic mass is 35.5. The van der Waals surface area contributed by atoms with E-state index in [0.717, 1.165) is 0 Å². The molecule has 44 heavy (non-hydrogen) atoms. The van der Waals surface area contributed by atoms with Crippen molar-refractivity contribution in [2.45, 2.75) is 62.1 Å². The number of para-hydroxylation sites is 1. The summed E-state index contributed by atoms with van der Waals surface area (Å²) < 4.78 is 35.3. The van der Waals surface area contributed by atoms with Crippen LogP contribution < -0.4 is 4.31 Å². The number of carbonyl (C=O) groups is 2. The van der Waals surface area contributed by atoms with E-state index in [1.54, 1.807) is 77.7 Å². The lowest BCUT2D eigenvalue weighted by Gasteiger charge is -2.48. The molecule has 12 heteroatoms. The van der Waals surface area contributed by atoms with Crippen LogP contribution in [0.15, 0.2) is 72.8 Å². The summed E-state index contributed by atoms with van der Waals surface area (Å²) in [4.78, 5) is 27.7. The minimum Gasteiger partial charge on any atom is -0.481 e. The van der Waals surface area contributed by atoms with E-state index >= 15 is 0 Å². The number of amides is 1. The number of nitrogens with zero attached hydrogens (tertiary/aromatic N) is 3. The zero-order valence-corrected chi connectivity index (χ0v) is 26.2. The van der Waals surface area contributed by atoms with E-state index in [1.165, 1.54) is 4.31 Å². The van der Waals surface area contributed by atoms with Gasteiger partial charge in [0, 0.05) is 10.0 Å². The first kappa shape index (κ1) is 31.8. The molecule has 3 aromatic carbocycles. The van der Waals surface area contributed by atoms with Crippen molar-refractivity contribution in [2.75, 3.05) is 10.8 Å². The molecule has 2 fully saturated rings. The predicted molar refractivity (Wildman–Crippen MR) is 167 cm³/mol. The Labute approximate surface area is 266 Å². The third kappa shape index (κ3) is 6.57. The Morgan fingerprint density at radius 2 is 1.77 bits per heavy atom. The minimum absolute atomic E-state index is 0.147. The number of morpholine rings is 1. The van der Waals surface area contributed by atoms with Crippen molar-refractivity contribution >= 4 is 50.8 Å². The second-order valence-electron chi connectivity index (χ2n) is 10.9. The number of carboxylic acids is 1. The van der Waals surface area contributed by atoms with Crippen molar-refractivity contribution in [1.82, 2.24) is 4.90 Å². The lowest BCUT2D eigenvalue weighted by Crippen LogP contribution is -2.58. The van der Waals surface area contributed by atoms with Crippen molar-refractivity contribution in [1.29, 1.82) is 5.26 Å². The SMILES string of the molecule is CCC(CN(c1ccccc1C#N)S(=O)(=O)C1CC1)N1C(=O)[C@H](CC(=O)O)O[C@H](c2cccc(Cl)c2)[C@H]1c1ccc(Cl)cc1. The molecule has 0 aromatic heterocycles. The van der Waals surface area contributed by atoms with Gasteiger partial charge < -0.3 is 14.7 Å². The second-order valence-corrected chi connectivity index (χ2v) is 13.9. The lowest BCUT2D eigenvalue weighted by molar-refractivity contribution is -0.183. The maximum atomic E-state index is 14.3. The molecule has 5 rings (SSSR count). The Balaban J connectivity index is 1.67.